The largest absolute Gasteiger partial charge is 0.351 e. The van der Waals surface area contributed by atoms with Crippen LogP contribution in [0.25, 0.3) is 0 Å². The van der Waals surface area contributed by atoms with Crippen LogP contribution in [-0.4, -0.2) is 29.2 Å². The van der Waals surface area contributed by atoms with Gasteiger partial charge in [0.1, 0.15) is 0 Å². The second-order valence-electron chi connectivity index (χ2n) is 7.23. The zero-order valence-corrected chi connectivity index (χ0v) is 14.0. The second kappa shape index (κ2) is 5.42. The van der Waals surface area contributed by atoms with E-state index >= 15 is 0 Å². The third kappa shape index (κ3) is 2.04. The molecule has 1 saturated heterocycles. The molecule has 4 atom stereocenters. The highest BCUT2D eigenvalue weighted by molar-refractivity contribution is 5.56. The summed E-state index contributed by atoms with van der Waals surface area (Å²) in [5.41, 5.74) is 2.65. The van der Waals surface area contributed by atoms with Crippen molar-refractivity contribution in [3.8, 4) is 0 Å². The van der Waals surface area contributed by atoms with E-state index in [9.17, 15) is 1.37 Å². The SMILES string of the molecule is [2H]C1(C2CCCC2)C=CC2[C@H](C)N(c3ccccc3C)C(C)N21. The summed E-state index contributed by atoms with van der Waals surface area (Å²) in [4.78, 5) is 5.00. The van der Waals surface area contributed by atoms with Crippen LogP contribution in [0.3, 0.4) is 0 Å². The number of anilines is 1. The third-order valence-electron chi connectivity index (χ3n) is 5.99. The average Bonchev–Trinajstić information content (AvgIpc) is 3.22. The molecule has 0 amide bonds. The average molecular weight is 297 g/mol. The molecule has 2 nitrogen and oxygen atoms in total. The van der Waals surface area contributed by atoms with Gasteiger partial charge in [-0.05, 0) is 51.2 Å². The van der Waals surface area contributed by atoms with E-state index in [0.717, 1.165) is 0 Å². The Morgan fingerprint density at radius 1 is 1.09 bits per heavy atom. The first kappa shape index (κ1) is 13.2. The van der Waals surface area contributed by atoms with Crippen LogP contribution in [0.1, 0.15) is 46.5 Å². The number of fused-ring (bicyclic) bond motifs is 1. The molecule has 2 fully saturated rings. The molecule has 1 aromatic rings. The van der Waals surface area contributed by atoms with Crippen LogP contribution in [0.5, 0.6) is 0 Å². The van der Waals surface area contributed by atoms with E-state index in [2.05, 4.69) is 67.0 Å². The first-order valence-electron chi connectivity index (χ1n) is 9.36. The molecular weight excluding hydrogens is 268 g/mol. The van der Waals surface area contributed by atoms with Gasteiger partial charge in [-0.25, -0.2) is 0 Å². The van der Waals surface area contributed by atoms with Crippen LogP contribution in [0.2, 0.25) is 0 Å². The minimum atomic E-state index is -0.508. The number of nitrogens with zero attached hydrogens (tertiary/aromatic N) is 2. The molecule has 1 saturated carbocycles. The Hall–Kier alpha value is -1.28. The van der Waals surface area contributed by atoms with Gasteiger partial charge in [0, 0.05) is 17.7 Å². The molecule has 0 aromatic heterocycles. The Morgan fingerprint density at radius 2 is 1.82 bits per heavy atom. The number of hydrogen-bond donors (Lipinski definition) is 0. The maximum atomic E-state index is 9.24. The Bertz CT molecular complexity index is 622. The minimum Gasteiger partial charge on any atom is -0.351 e. The van der Waals surface area contributed by atoms with Gasteiger partial charge >= 0.3 is 0 Å². The Kier molecular flexibility index (Phi) is 3.25. The predicted molar refractivity (Wildman–Crippen MR) is 93.1 cm³/mol. The zero-order chi connectivity index (χ0) is 16.2. The predicted octanol–water partition coefficient (Wildman–Crippen LogP) is 4.35. The maximum absolute atomic E-state index is 9.24. The first-order chi connectivity index (χ1) is 11.0. The summed E-state index contributed by atoms with van der Waals surface area (Å²) in [6, 6.07) is 8.93. The maximum Gasteiger partial charge on any atom is 0.0806 e. The highest BCUT2D eigenvalue weighted by Gasteiger charge is 2.48. The Morgan fingerprint density at radius 3 is 2.55 bits per heavy atom. The van der Waals surface area contributed by atoms with Crippen molar-refractivity contribution in [2.75, 3.05) is 4.90 Å². The van der Waals surface area contributed by atoms with Crippen molar-refractivity contribution in [3.05, 3.63) is 42.0 Å². The zero-order valence-electron chi connectivity index (χ0n) is 15.0. The van der Waals surface area contributed by atoms with Crippen LogP contribution >= 0.6 is 0 Å². The van der Waals surface area contributed by atoms with Crippen molar-refractivity contribution in [1.82, 2.24) is 4.90 Å². The van der Waals surface area contributed by atoms with Gasteiger partial charge in [-0.15, -0.1) is 0 Å². The third-order valence-corrected chi connectivity index (χ3v) is 5.99. The van der Waals surface area contributed by atoms with E-state index in [1.165, 1.54) is 36.9 Å². The summed E-state index contributed by atoms with van der Waals surface area (Å²) >= 11 is 0. The van der Waals surface area contributed by atoms with Gasteiger partial charge in [-0.3, -0.25) is 4.90 Å². The molecule has 3 unspecified atom stereocenters. The number of para-hydroxylation sites is 1. The van der Waals surface area contributed by atoms with Crippen molar-refractivity contribution in [1.29, 1.82) is 0 Å². The lowest BCUT2D eigenvalue weighted by molar-refractivity contribution is 0.159. The quantitative estimate of drug-likeness (QED) is 0.749. The van der Waals surface area contributed by atoms with Crippen molar-refractivity contribution in [2.24, 2.45) is 5.92 Å². The van der Waals surface area contributed by atoms with Crippen LogP contribution < -0.4 is 4.90 Å². The van der Waals surface area contributed by atoms with E-state index in [1.54, 1.807) is 0 Å². The Labute approximate surface area is 136 Å². The molecule has 0 spiro atoms. The lowest BCUT2D eigenvalue weighted by atomic mass is 9.98. The second-order valence-corrected chi connectivity index (χ2v) is 7.23. The van der Waals surface area contributed by atoms with Crippen molar-refractivity contribution >= 4 is 5.69 Å². The van der Waals surface area contributed by atoms with E-state index in [4.69, 9.17) is 0 Å². The van der Waals surface area contributed by atoms with Gasteiger partial charge in [0.05, 0.1) is 13.6 Å². The van der Waals surface area contributed by atoms with E-state index in [-0.39, 0.29) is 6.17 Å². The van der Waals surface area contributed by atoms with E-state index in [0.29, 0.717) is 18.0 Å². The van der Waals surface area contributed by atoms with Gasteiger partial charge in [0.15, 0.2) is 0 Å². The Balaban J connectivity index is 1.70. The summed E-state index contributed by atoms with van der Waals surface area (Å²) in [6.45, 7) is 6.80. The fraction of sp³-hybridized carbons (Fsp3) is 0.600. The summed E-state index contributed by atoms with van der Waals surface area (Å²) in [7, 11) is 0. The van der Waals surface area contributed by atoms with Crippen molar-refractivity contribution < 1.29 is 1.37 Å². The highest BCUT2D eigenvalue weighted by Crippen LogP contribution is 2.43. The van der Waals surface area contributed by atoms with E-state index in [1.807, 2.05) is 0 Å². The van der Waals surface area contributed by atoms with Gasteiger partial charge in [0.25, 0.3) is 0 Å². The molecule has 1 aromatic carbocycles. The molecule has 0 bridgehead atoms. The minimum absolute atomic E-state index is 0.268. The molecule has 2 aliphatic heterocycles. The molecule has 1 aliphatic carbocycles. The lowest BCUT2D eigenvalue weighted by Crippen LogP contribution is -2.44. The topological polar surface area (TPSA) is 6.48 Å². The molecule has 2 heterocycles. The number of aryl methyl sites for hydroxylation is 1. The molecule has 22 heavy (non-hydrogen) atoms. The van der Waals surface area contributed by atoms with Crippen LogP contribution in [0, 0.1) is 12.8 Å². The fourth-order valence-corrected chi connectivity index (χ4v) is 4.89. The van der Waals surface area contributed by atoms with E-state index < -0.39 is 6.02 Å². The van der Waals surface area contributed by atoms with Gasteiger partial charge in [-0.2, -0.15) is 0 Å². The van der Waals surface area contributed by atoms with Crippen molar-refractivity contribution in [3.63, 3.8) is 0 Å². The number of rotatable bonds is 2. The highest BCUT2D eigenvalue weighted by atomic mass is 15.5. The molecule has 118 valence electrons. The summed E-state index contributed by atoms with van der Waals surface area (Å²) in [6.07, 6.45) is 9.79. The van der Waals surface area contributed by atoms with Gasteiger partial charge in [-0.1, -0.05) is 43.2 Å². The lowest BCUT2D eigenvalue weighted by Gasteiger charge is -2.35. The van der Waals surface area contributed by atoms with Crippen molar-refractivity contribution in [2.45, 2.75) is 70.7 Å². The molecule has 2 heteroatoms. The molecular formula is C20H28N2. The fourth-order valence-electron chi connectivity index (χ4n) is 4.89. The smallest absolute Gasteiger partial charge is 0.0806 e. The van der Waals surface area contributed by atoms with Gasteiger partial charge in [0.2, 0.25) is 0 Å². The monoisotopic (exact) mass is 297 g/mol. The van der Waals surface area contributed by atoms with Crippen LogP contribution in [-0.2, 0) is 0 Å². The normalized spacial score (nSPS) is 39.5. The molecule has 4 rings (SSSR count). The summed E-state index contributed by atoms with van der Waals surface area (Å²) in [5, 5.41) is 0. The standard InChI is InChI=1S/C20H28N2/c1-14-8-4-7-11-18(14)21-15(2)19-12-13-20(22(19)16(21)3)17-9-5-6-10-17/h4,7-8,11-13,15-17,19-20H,5-6,9-10H2,1-3H3/t15-,16?,19?,20?/m0/s1/i20D. The molecule has 0 radical (unpaired) electrons. The van der Waals surface area contributed by atoms with Crippen LogP contribution in [0.4, 0.5) is 5.69 Å². The summed E-state index contributed by atoms with van der Waals surface area (Å²) in [5.74, 6) is 0.496. The summed E-state index contributed by atoms with van der Waals surface area (Å²) < 4.78 is 9.24. The van der Waals surface area contributed by atoms with Gasteiger partial charge < -0.3 is 4.90 Å². The number of benzene rings is 1. The number of hydrogen-bond acceptors (Lipinski definition) is 2. The van der Waals surface area contributed by atoms with Crippen LogP contribution in [0.15, 0.2) is 36.4 Å². The molecule has 3 aliphatic rings. The first-order valence-corrected chi connectivity index (χ1v) is 8.86. The molecule has 0 N–H and O–H groups in total.